The molecule has 164 valence electrons. The van der Waals surface area contributed by atoms with E-state index in [1.165, 1.54) is 37.5 Å². The van der Waals surface area contributed by atoms with E-state index in [1.54, 1.807) is 18.2 Å². The maximum atomic E-state index is 13.2. The number of carbonyl (C=O) groups excluding carboxylic acids is 2. The van der Waals surface area contributed by atoms with E-state index < -0.39 is 30.1 Å². The Morgan fingerprint density at radius 1 is 1.17 bits per heavy atom. The van der Waals surface area contributed by atoms with Crippen LogP contribution in [0.15, 0.2) is 36.4 Å². The van der Waals surface area contributed by atoms with Gasteiger partial charge >= 0.3 is 6.03 Å². The van der Waals surface area contributed by atoms with Gasteiger partial charge in [0.15, 0.2) is 0 Å². The first-order chi connectivity index (χ1) is 14.5. The molecule has 0 radical (unpaired) electrons. The zero-order chi connectivity index (χ0) is 21.3. The molecule has 1 fully saturated rings. The Bertz CT molecular complexity index is 752. The van der Waals surface area contributed by atoms with Crippen LogP contribution < -0.4 is 16.0 Å². The summed E-state index contributed by atoms with van der Waals surface area (Å²) in [6.45, 7) is 0.387. The number of nitrogens with one attached hydrogen (secondary N) is 3. The maximum Gasteiger partial charge on any atom is 0.319 e. The van der Waals surface area contributed by atoms with E-state index in [-0.39, 0.29) is 18.9 Å². The maximum absolute atomic E-state index is 13.2. The third kappa shape index (κ3) is 6.81. The van der Waals surface area contributed by atoms with Crippen LogP contribution in [0.25, 0.3) is 0 Å². The number of halogens is 1. The van der Waals surface area contributed by atoms with Crippen molar-refractivity contribution >= 4 is 17.6 Å². The van der Waals surface area contributed by atoms with E-state index in [0.29, 0.717) is 18.2 Å². The van der Waals surface area contributed by atoms with E-state index in [4.69, 9.17) is 4.74 Å². The minimum atomic E-state index is -0.676. The summed E-state index contributed by atoms with van der Waals surface area (Å²) in [7, 11) is 0. The lowest BCUT2D eigenvalue weighted by Crippen LogP contribution is -2.50. The largest absolute Gasteiger partial charge is 0.394 e. The second kappa shape index (κ2) is 11.1. The zero-order valence-corrected chi connectivity index (χ0v) is 17.0. The van der Waals surface area contributed by atoms with Gasteiger partial charge in [-0.25, -0.2) is 9.18 Å². The van der Waals surface area contributed by atoms with Crippen molar-refractivity contribution in [1.29, 1.82) is 0 Å². The highest BCUT2D eigenvalue weighted by molar-refractivity contribution is 5.89. The third-order valence-electron chi connectivity index (χ3n) is 5.54. The fraction of sp³-hybridized carbons (Fsp3) is 0.545. The van der Waals surface area contributed by atoms with Crippen LogP contribution in [0, 0.1) is 11.7 Å². The summed E-state index contributed by atoms with van der Waals surface area (Å²) >= 11 is 0. The lowest BCUT2D eigenvalue weighted by atomic mass is 9.89. The van der Waals surface area contributed by atoms with Gasteiger partial charge in [-0.3, -0.25) is 4.79 Å². The van der Waals surface area contributed by atoms with E-state index >= 15 is 0 Å². The zero-order valence-electron chi connectivity index (χ0n) is 17.0. The molecule has 1 saturated carbocycles. The van der Waals surface area contributed by atoms with Gasteiger partial charge in [-0.2, -0.15) is 0 Å². The van der Waals surface area contributed by atoms with E-state index in [0.717, 1.165) is 12.8 Å². The number of amides is 3. The Labute approximate surface area is 176 Å². The van der Waals surface area contributed by atoms with Crippen molar-refractivity contribution < 1.29 is 23.8 Å². The second-order valence-electron chi connectivity index (χ2n) is 7.93. The van der Waals surface area contributed by atoms with Gasteiger partial charge in [0.05, 0.1) is 25.2 Å². The molecule has 4 N–H and O–H groups in total. The molecule has 0 aromatic heterocycles. The van der Waals surface area contributed by atoms with Crippen molar-refractivity contribution in [3.63, 3.8) is 0 Å². The van der Waals surface area contributed by atoms with Crippen molar-refractivity contribution in [3.8, 4) is 0 Å². The van der Waals surface area contributed by atoms with Crippen molar-refractivity contribution in [2.45, 2.75) is 56.8 Å². The molecule has 3 rings (SSSR count). The molecule has 0 unspecified atom stereocenters. The first kappa shape index (κ1) is 22.2. The summed E-state index contributed by atoms with van der Waals surface area (Å²) < 4.78 is 19.0. The van der Waals surface area contributed by atoms with Gasteiger partial charge in [-0.1, -0.05) is 37.5 Å². The van der Waals surface area contributed by atoms with Crippen molar-refractivity contribution in [3.05, 3.63) is 42.2 Å². The van der Waals surface area contributed by atoms with Gasteiger partial charge < -0.3 is 25.8 Å². The van der Waals surface area contributed by atoms with E-state index in [2.05, 4.69) is 16.0 Å². The topological polar surface area (TPSA) is 99.7 Å². The molecule has 0 spiro atoms. The molecule has 3 atom stereocenters. The summed E-state index contributed by atoms with van der Waals surface area (Å²) in [5.74, 6) is 0.0228. The van der Waals surface area contributed by atoms with Crippen LogP contribution >= 0.6 is 0 Å². The molecular formula is C22H30FN3O4. The van der Waals surface area contributed by atoms with Crippen LogP contribution in [0.2, 0.25) is 0 Å². The number of aliphatic hydroxyl groups excluding tert-OH is 1. The predicted octanol–water partition coefficient (Wildman–Crippen LogP) is 2.72. The van der Waals surface area contributed by atoms with Gasteiger partial charge in [0.2, 0.25) is 5.91 Å². The number of hydrogen-bond donors (Lipinski definition) is 4. The van der Waals surface area contributed by atoms with Gasteiger partial charge in [0, 0.05) is 12.2 Å². The number of ether oxygens (including phenoxy) is 1. The Hall–Kier alpha value is -2.45. The number of anilines is 1. The van der Waals surface area contributed by atoms with Crippen LogP contribution in [0.3, 0.4) is 0 Å². The van der Waals surface area contributed by atoms with Gasteiger partial charge in [-0.05, 0) is 37.0 Å². The molecule has 1 aromatic rings. The number of carbonyl (C=O) groups is 2. The fourth-order valence-corrected chi connectivity index (χ4v) is 3.93. The molecule has 1 aliphatic carbocycles. The Morgan fingerprint density at radius 2 is 1.97 bits per heavy atom. The summed E-state index contributed by atoms with van der Waals surface area (Å²) in [6, 6.07) is 4.45. The quantitative estimate of drug-likeness (QED) is 0.511. The van der Waals surface area contributed by atoms with Crippen molar-refractivity contribution in [2.75, 3.05) is 18.5 Å². The molecular weight excluding hydrogens is 389 g/mol. The molecule has 1 aromatic carbocycles. The first-order valence-corrected chi connectivity index (χ1v) is 10.6. The highest BCUT2D eigenvalue weighted by atomic mass is 19.1. The molecule has 3 amide bonds. The van der Waals surface area contributed by atoms with E-state index in [1.807, 2.05) is 0 Å². The van der Waals surface area contributed by atoms with Crippen LogP contribution in [0.1, 0.15) is 38.5 Å². The highest BCUT2D eigenvalue weighted by Gasteiger charge is 2.29. The van der Waals surface area contributed by atoms with E-state index in [9.17, 15) is 19.1 Å². The van der Waals surface area contributed by atoms with Crippen LogP contribution in [0.5, 0.6) is 0 Å². The lowest BCUT2D eigenvalue weighted by molar-refractivity contribution is -0.125. The number of aliphatic hydroxyl groups is 1. The number of rotatable bonds is 7. The first-order valence-electron chi connectivity index (χ1n) is 10.6. The average Bonchev–Trinajstić information content (AvgIpc) is 2.74. The molecule has 0 bridgehead atoms. The van der Waals surface area contributed by atoms with Gasteiger partial charge in [-0.15, -0.1) is 0 Å². The number of benzene rings is 1. The second-order valence-corrected chi connectivity index (χ2v) is 7.93. The Morgan fingerprint density at radius 3 is 2.70 bits per heavy atom. The molecule has 8 heteroatoms. The smallest absolute Gasteiger partial charge is 0.319 e. The monoisotopic (exact) mass is 419 g/mol. The fourth-order valence-electron chi connectivity index (χ4n) is 3.93. The standard InChI is InChI=1S/C22H30FN3O4/c23-16-7-4-8-17(11-16)25-22(29)26-19-10-9-18(30-20(19)14-27)12-21(28)24-13-15-5-2-1-3-6-15/h4,7-11,15,18-20,27H,1-3,5-6,12-14H2,(H,24,28)(H2,25,26,29)/t18-,19-,20-/m1/s1. The number of hydrogen-bond acceptors (Lipinski definition) is 4. The van der Waals surface area contributed by atoms with Gasteiger partial charge in [0.25, 0.3) is 0 Å². The lowest BCUT2D eigenvalue weighted by Gasteiger charge is -2.31. The van der Waals surface area contributed by atoms with Crippen LogP contribution in [0.4, 0.5) is 14.9 Å². The summed E-state index contributed by atoms with van der Waals surface area (Å²) in [5, 5.41) is 17.9. The molecule has 2 aliphatic rings. The number of urea groups is 1. The Kier molecular flexibility index (Phi) is 8.21. The highest BCUT2D eigenvalue weighted by Crippen LogP contribution is 2.23. The molecule has 0 saturated heterocycles. The third-order valence-corrected chi connectivity index (χ3v) is 5.54. The molecule has 1 heterocycles. The minimum absolute atomic E-state index is 0.0813. The van der Waals surface area contributed by atoms with Crippen LogP contribution in [-0.2, 0) is 9.53 Å². The minimum Gasteiger partial charge on any atom is -0.394 e. The normalized spacial score (nSPS) is 24.3. The van der Waals surface area contributed by atoms with Crippen LogP contribution in [-0.4, -0.2) is 48.4 Å². The Balaban J connectivity index is 1.46. The molecule has 7 nitrogen and oxygen atoms in total. The average molecular weight is 419 g/mol. The summed E-state index contributed by atoms with van der Waals surface area (Å²) in [4.78, 5) is 24.4. The van der Waals surface area contributed by atoms with Crippen molar-refractivity contribution in [1.82, 2.24) is 10.6 Å². The summed E-state index contributed by atoms with van der Waals surface area (Å²) in [5.41, 5.74) is 0.321. The van der Waals surface area contributed by atoms with Gasteiger partial charge in [0.1, 0.15) is 11.9 Å². The predicted molar refractivity (Wildman–Crippen MR) is 111 cm³/mol. The summed E-state index contributed by atoms with van der Waals surface area (Å²) in [6.07, 6.45) is 8.54. The molecule has 1 aliphatic heterocycles. The molecule has 30 heavy (non-hydrogen) atoms. The SMILES string of the molecule is O=C(C[C@H]1C=C[C@@H](NC(=O)Nc2cccc(F)c2)[C@@H](CO)O1)NCC1CCCCC1. The van der Waals surface area contributed by atoms with Crippen molar-refractivity contribution in [2.24, 2.45) is 5.92 Å².